The number of nitrogens with one attached hydrogen (secondary N) is 1. The third-order valence-electron chi connectivity index (χ3n) is 4.67. The smallest absolute Gasteiger partial charge is 0.264 e. The maximum atomic E-state index is 13.3. The van der Waals surface area contributed by atoms with Crippen molar-refractivity contribution < 1.29 is 17.9 Å². The predicted molar refractivity (Wildman–Crippen MR) is 125 cm³/mol. The van der Waals surface area contributed by atoms with Crippen LogP contribution in [0.1, 0.15) is 29.8 Å². The Labute approximate surface area is 193 Å². The van der Waals surface area contributed by atoms with E-state index in [0.717, 1.165) is 0 Å². The number of pyridine rings is 1. The van der Waals surface area contributed by atoms with Gasteiger partial charge in [-0.05, 0) is 50.2 Å². The largest absolute Gasteiger partial charge is 0.478 e. The first-order valence-electron chi connectivity index (χ1n) is 10.1. The maximum absolute atomic E-state index is 13.3. The van der Waals surface area contributed by atoms with Crippen molar-refractivity contribution in [3.05, 3.63) is 83.0 Å². The predicted octanol–water partition coefficient (Wildman–Crippen LogP) is 4.28. The van der Waals surface area contributed by atoms with E-state index in [1.165, 1.54) is 22.5 Å². The van der Waals surface area contributed by atoms with E-state index in [1.807, 2.05) is 13.0 Å². The number of hydrogen-bond donors (Lipinski definition) is 1. The van der Waals surface area contributed by atoms with Crippen LogP contribution in [0.4, 0.5) is 5.69 Å². The normalized spacial score (nSPS) is 11.1. The molecule has 0 spiro atoms. The Hall–Kier alpha value is -3.10. The number of ether oxygens (including phenoxy) is 1. The Balaban J connectivity index is 1.86. The highest BCUT2D eigenvalue weighted by atomic mass is 35.5. The molecular formula is C23H24ClN3O4S. The molecule has 3 rings (SSSR count). The maximum Gasteiger partial charge on any atom is 0.264 e. The second kappa shape index (κ2) is 10.5. The number of carbonyl (C=O) groups excluding carboxylic acids is 1. The summed E-state index contributed by atoms with van der Waals surface area (Å²) in [6, 6.07) is 16.4. The number of aromatic nitrogens is 1. The molecule has 0 bridgehead atoms. The van der Waals surface area contributed by atoms with Crippen LogP contribution in [-0.4, -0.2) is 32.5 Å². The standard InChI is InChI=1S/C23H24ClN3O4S/c1-3-27(18-10-6-5-7-11-18)32(29,30)19-12-13-21(24)20(15-19)22(28)26-16-17-9-8-14-25-23(17)31-4-2/h5-15H,3-4,16H2,1-2H3,(H,26,28). The summed E-state index contributed by atoms with van der Waals surface area (Å²) < 4.78 is 33.3. The van der Waals surface area contributed by atoms with Gasteiger partial charge in [0.15, 0.2) is 0 Å². The van der Waals surface area contributed by atoms with Crippen molar-refractivity contribution >= 4 is 33.2 Å². The summed E-state index contributed by atoms with van der Waals surface area (Å²) in [4.78, 5) is 17.0. The van der Waals surface area contributed by atoms with Gasteiger partial charge in [0.1, 0.15) is 0 Å². The Bertz CT molecular complexity index is 1190. The summed E-state index contributed by atoms with van der Waals surface area (Å²) in [5.41, 5.74) is 1.30. The van der Waals surface area contributed by atoms with Crippen molar-refractivity contribution in [1.29, 1.82) is 0 Å². The lowest BCUT2D eigenvalue weighted by Gasteiger charge is -2.23. The molecule has 9 heteroatoms. The van der Waals surface area contributed by atoms with E-state index in [-0.39, 0.29) is 28.6 Å². The van der Waals surface area contributed by atoms with Gasteiger partial charge >= 0.3 is 0 Å². The highest BCUT2D eigenvalue weighted by Crippen LogP contribution is 2.27. The first kappa shape index (κ1) is 23.6. The van der Waals surface area contributed by atoms with E-state index in [4.69, 9.17) is 16.3 Å². The van der Waals surface area contributed by atoms with Crippen LogP contribution < -0.4 is 14.4 Å². The zero-order chi connectivity index (χ0) is 23.1. The number of sulfonamides is 1. The average molecular weight is 474 g/mol. The molecule has 0 aliphatic rings. The van der Waals surface area contributed by atoms with Crippen LogP contribution in [0, 0.1) is 0 Å². The topological polar surface area (TPSA) is 88.6 Å². The molecule has 0 fully saturated rings. The minimum atomic E-state index is -3.89. The summed E-state index contributed by atoms with van der Waals surface area (Å²) in [7, 11) is -3.89. The molecule has 7 nitrogen and oxygen atoms in total. The molecule has 1 amide bonds. The van der Waals surface area contributed by atoms with Gasteiger partial charge in [-0.1, -0.05) is 35.9 Å². The van der Waals surface area contributed by atoms with Gasteiger partial charge in [-0.15, -0.1) is 0 Å². The number of carbonyl (C=O) groups is 1. The molecule has 0 radical (unpaired) electrons. The second-order valence-electron chi connectivity index (χ2n) is 6.73. The van der Waals surface area contributed by atoms with E-state index >= 15 is 0 Å². The number of hydrogen-bond acceptors (Lipinski definition) is 5. The van der Waals surface area contributed by atoms with Gasteiger partial charge in [0.25, 0.3) is 15.9 Å². The fraction of sp³-hybridized carbons (Fsp3) is 0.217. The lowest BCUT2D eigenvalue weighted by molar-refractivity contribution is 0.0950. The fourth-order valence-corrected chi connectivity index (χ4v) is 4.85. The molecule has 1 aromatic heterocycles. The first-order valence-corrected chi connectivity index (χ1v) is 11.9. The quantitative estimate of drug-likeness (QED) is 0.501. The SMILES string of the molecule is CCOc1ncccc1CNC(=O)c1cc(S(=O)(=O)N(CC)c2ccccc2)ccc1Cl. The van der Waals surface area contributed by atoms with Gasteiger partial charge in [-0.3, -0.25) is 9.10 Å². The number of anilines is 1. The molecule has 3 aromatic rings. The third kappa shape index (κ3) is 5.20. The minimum absolute atomic E-state index is 0.0193. The summed E-state index contributed by atoms with van der Waals surface area (Å²) in [5.74, 6) is -0.0692. The van der Waals surface area contributed by atoms with E-state index in [1.54, 1.807) is 49.5 Å². The third-order valence-corrected chi connectivity index (χ3v) is 6.90. The van der Waals surface area contributed by atoms with Gasteiger partial charge in [0.05, 0.1) is 27.8 Å². The molecule has 0 aliphatic carbocycles. The van der Waals surface area contributed by atoms with Gasteiger partial charge in [-0.25, -0.2) is 13.4 Å². The Morgan fingerprint density at radius 2 is 1.84 bits per heavy atom. The Morgan fingerprint density at radius 3 is 2.53 bits per heavy atom. The van der Waals surface area contributed by atoms with Crippen LogP contribution >= 0.6 is 11.6 Å². The van der Waals surface area contributed by atoms with Crippen LogP contribution in [0.5, 0.6) is 5.88 Å². The first-order chi connectivity index (χ1) is 15.4. The molecule has 0 saturated heterocycles. The van der Waals surface area contributed by atoms with E-state index in [2.05, 4.69) is 10.3 Å². The Morgan fingerprint density at radius 1 is 1.09 bits per heavy atom. The number of rotatable bonds is 9. The minimum Gasteiger partial charge on any atom is -0.478 e. The van der Waals surface area contributed by atoms with E-state index in [0.29, 0.717) is 23.7 Å². The van der Waals surface area contributed by atoms with Crippen molar-refractivity contribution in [2.24, 2.45) is 0 Å². The summed E-state index contributed by atoms with van der Waals surface area (Å²) in [6.45, 7) is 4.42. The summed E-state index contributed by atoms with van der Waals surface area (Å²) >= 11 is 6.23. The van der Waals surface area contributed by atoms with Gasteiger partial charge in [0.2, 0.25) is 5.88 Å². The summed E-state index contributed by atoms with van der Waals surface area (Å²) in [6.07, 6.45) is 1.60. The van der Waals surface area contributed by atoms with Gasteiger partial charge in [0, 0.05) is 24.8 Å². The second-order valence-corrected chi connectivity index (χ2v) is 9.00. The number of halogens is 1. The number of amides is 1. The van der Waals surface area contributed by atoms with E-state index in [9.17, 15) is 13.2 Å². The molecule has 0 unspecified atom stereocenters. The van der Waals surface area contributed by atoms with Crippen molar-refractivity contribution in [2.75, 3.05) is 17.5 Å². The molecule has 2 aromatic carbocycles. The zero-order valence-corrected chi connectivity index (χ0v) is 19.4. The summed E-state index contributed by atoms with van der Waals surface area (Å²) in [5, 5.41) is 2.91. The molecular weight excluding hydrogens is 450 g/mol. The molecule has 1 heterocycles. The average Bonchev–Trinajstić information content (AvgIpc) is 2.79. The number of para-hydroxylation sites is 1. The lowest BCUT2D eigenvalue weighted by Crippen LogP contribution is -2.31. The number of benzene rings is 2. The molecule has 1 N–H and O–H groups in total. The van der Waals surface area contributed by atoms with Crippen LogP contribution in [0.2, 0.25) is 5.02 Å². The van der Waals surface area contributed by atoms with Crippen molar-refractivity contribution in [2.45, 2.75) is 25.3 Å². The van der Waals surface area contributed by atoms with Crippen LogP contribution in [0.3, 0.4) is 0 Å². The van der Waals surface area contributed by atoms with E-state index < -0.39 is 15.9 Å². The zero-order valence-electron chi connectivity index (χ0n) is 17.8. The van der Waals surface area contributed by atoms with Gasteiger partial charge in [-0.2, -0.15) is 0 Å². The molecule has 0 atom stereocenters. The fourth-order valence-electron chi connectivity index (χ4n) is 3.15. The molecule has 0 aliphatic heterocycles. The van der Waals surface area contributed by atoms with Crippen molar-refractivity contribution in [3.63, 3.8) is 0 Å². The molecule has 168 valence electrons. The van der Waals surface area contributed by atoms with Crippen LogP contribution in [0.15, 0.2) is 71.8 Å². The highest BCUT2D eigenvalue weighted by Gasteiger charge is 2.25. The molecule has 32 heavy (non-hydrogen) atoms. The highest BCUT2D eigenvalue weighted by molar-refractivity contribution is 7.92. The Kier molecular flexibility index (Phi) is 7.71. The van der Waals surface area contributed by atoms with Crippen molar-refractivity contribution in [1.82, 2.24) is 10.3 Å². The molecule has 0 saturated carbocycles. The monoisotopic (exact) mass is 473 g/mol. The van der Waals surface area contributed by atoms with Crippen molar-refractivity contribution in [3.8, 4) is 5.88 Å². The number of nitrogens with zero attached hydrogens (tertiary/aromatic N) is 2. The van der Waals surface area contributed by atoms with Gasteiger partial charge < -0.3 is 10.1 Å². The lowest BCUT2D eigenvalue weighted by atomic mass is 10.2. The van der Waals surface area contributed by atoms with Crippen LogP contribution in [-0.2, 0) is 16.6 Å². The van der Waals surface area contributed by atoms with Crippen LogP contribution in [0.25, 0.3) is 0 Å².